The highest BCUT2D eigenvalue weighted by atomic mass is 32.1. The van der Waals surface area contributed by atoms with Crippen molar-refractivity contribution in [3.8, 4) is 0 Å². The van der Waals surface area contributed by atoms with Gasteiger partial charge in [0.25, 0.3) is 5.91 Å². The molecule has 6 heteroatoms. The van der Waals surface area contributed by atoms with Gasteiger partial charge in [0.05, 0.1) is 21.6 Å². The molecule has 1 atom stereocenters. The fourth-order valence-electron chi connectivity index (χ4n) is 1.73. The normalized spacial score (nSPS) is 12.4. The van der Waals surface area contributed by atoms with E-state index in [1.807, 2.05) is 26.2 Å². The summed E-state index contributed by atoms with van der Waals surface area (Å²) in [6.45, 7) is 5.92. The lowest BCUT2D eigenvalue weighted by Gasteiger charge is -2.11. The minimum atomic E-state index is -0.0572. The molecule has 1 amide bonds. The van der Waals surface area contributed by atoms with Crippen molar-refractivity contribution in [1.29, 1.82) is 0 Å². The Hall–Kier alpha value is -0.850. The summed E-state index contributed by atoms with van der Waals surface area (Å²) in [5.41, 5.74) is 0.992. The number of thiol groups is 1. The SMILES string of the molecule is Cc1nc(C)c(C(C)NC(=O)c2cc(S)cs2)s1. The molecule has 1 unspecified atom stereocenters. The number of thiophene rings is 1. The van der Waals surface area contributed by atoms with Crippen LogP contribution >= 0.6 is 35.3 Å². The first-order chi connectivity index (χ1) is 8.47. The number of carbonyl (C=O) groups is 1. The molecule has 0 fully saturated rings. The predicted octanol–water partition coefficient (Wildman–Crippen LogP) is 3.60. The third-order valence-electron chi connectivity index (χ3n) is 2.49. The number of hydrogen-bond acceptors (Lipinski definition) is 5. The van der Waals surface area contributed by atoms with E-state index in [1.54, 1.807) is 17.4 Å². The van der Waals surface area contributed by atoms with Crippen molar-refractivity contribution in [1.82, 2.24) is 10.3 Å². The number of hydrogen-bond donors (Lipinski definition) is 2. The van der Waals surface area contributed by atoms with E-state index >= 15 is 0 Å². The Morgan fingerprint density at radius 1 is 1.50 bits per heavy atom. The van der Waals surface area contributed by atoms with Gasteiger partial charge in [-0.15, -0.1) is 35.3 Å². The second-order valence-electron chi connectivity index (χ2n) is 4.05. The summed E-state index contributed by atoms with van der Waals surface area (Å²) < 4.78 is 0. The fraction of sp³-hybridized carbons (Fsp3) is 0.333. The molecule has 0 aliphatic rings. The number of aromatic nitrogens is 1. The maximum Gasteiger partial charge on any atom is 0.261 e. The third-order valence-corrected chi connectivity index (χ3v) is 5.11. The number of amides is 1. The molecule has 18 heavy (non-hydrogen) atoms. The Morgan fingerprint density at radius 3 is 2.72 bits per heavy atom. The maximum absolute atomic E-state index is 12.0. The zero-order chi connectivity index (χ0) is 13.3. The van der Waals surface area contributed by atoms with Crippen LogP contribution in [0, 0.1) is 13.8 Å². The van der Waals surface area contributed by atoms with Crippen LogP contribution in [-0.2, 0) is 0 Å². The van der Waals surface area contributed by atoms with Gasteiger partial charge in [-0.1, -0.05) is 0 Å². The zero-order valence-electron chi connectivity index (χ0n) is 10.4. The summed E-state index contributed by atoms with van der Waals surface area (Å²) in [6.07, 6.45) is 0. The van der Waals surface area contributed by atoms with Crippen LogP contribution in [0.2, 0.25) is 0 Å². The van der Waals surface area contributed by atoms with Gasteiger partial charge < -0.3 is 5.32 Å². The van der Waals surface area contributed by atoms with Gasteiger partial charge in [0.1, 0.15) is 0 Å². The first-order valence-electron chi connectivity index (χ1n) is 5.49. The Labute approximate surface area is 120 Å². The lowest BCUT2D eigenvalue weighted by molar-refractivity contribution is 0.0944. The predicted molar refractivity (Wildman–Crippen MR) is 79.0 cm³/mol. The number of carbonyl (C=O) groups excluding carboxylic acids is 1. The lowest BCUT2D eigenvalue weighted by atomic mass is 10.2. The van der Waals surface area contributed by atoms with E-state index in [-0.39, 0.29) is 11.9 Å². The Bertz CT molecular complexity index is 574. The number of nitrogens with zero attached hydrogens (tertiary/aromatic N) is 1. The summed E-state index contributed by atoms with van der Waals surface area (Å²) >= 11 is 7.23. The Kier molecular flexibility index (Phi) is 4.09. The largest absolute Gasteiger partial charge is 0.344 e. The van der Waals surface area contributed by atoms with Crippen molar-refractivity contribution in [2.75, 3.05) is 0 Å². The summed E-state index contributed by atoms with van der Waals surface area (Å²) in [4.78, 5) is 19.0. The molecule has 0 saturated carbocycles. The van der Waals surface area contributed by atoms with Crippen molar-refractivity contribution in [2.24, 2.45) is 0 Å². The topological polar surface area (TPSA) is 42.0 Å². The molecule has 0 aliphatic carbocycles. The first-order valence-corrected chi connectivity index (χ1v) is 7.64. The Balaban J connectivity index is 2.10. The van der Waals surface area contributed by atoms with Gasteiger partial charge in [0.15, 0.2) is 0 Å². The van der Waals surface area contributed by atoms with Crippen molar-refractivity contribution < 1.29 is 4.79 Å². The quantitative estimate of drug-likeness (QED) is 0.850. The van der Waals surface area contributed by atoms with Crippen LogP contribution in [0.15, 0.2) is 16.3 Å². The lowest BCUT2D eigenvalue weighted by Crippen LogP contribution is -2.25. The summed E-state index contributed by atoms with van der Waals surface area (Å²) in [5.74, 6) is -0.0572. The van der Waals surface area contributed by atoms with Gasteiger partial charge >= 0.3 is 0 Å². The molecule has 0 aromatic carbocycles. The third kappa shape index (κ3) is 2.93. The van der Waals surface area contributed by atoms with Gasteiger partial charge in [-0.05, 0) is 26.8 Å². The molecule has 2 rings (SSSR count). The molecule has 1 N–H and O–H groups in total. The van der Waals surface area contributed by atoms with Crippen LogP contribution in [0.1, 0.15) is 38.2 Å². The molecule has 2 aromatic heterocycles. The number of thiazole rings is 1. The molecule has 2 heterocycles. The maximum atomic E-state index is 12.0. The van der Waals surface area contributed by atoms with E-state index in [0.717, 1.165) is 20.5 Å². The van der Waals surface area contributed by atoms with E-state index in [0.29, 0.717) is 4.88 Å². The van der Waals surface area contributed by atoms with Crippen LogP contribution in [0.25, 0.3) is 0 Å². The second-order valence-corrected chi connectivity index (χ2v) is 6.71. The molecule has 3 nitrogen and oxygen atoms in total. The van der Waals surface area contributed by atoms with E-state index in [9.17, 15) is 4.79 Å². The van der Waals surface area contributed by atoms with E-state index in [4.69, 9.17) is 0 Å². The van der Waals surface area contributed by atoms with Crippen LogP contribution in [0.3, 0.4) is 0 Å². The fourth-order valence-corrected chi connectivity index (χ4v) is 3.71. The van der Waals surface area contributed by atoms with Crippen LogP contribution in [-0.4, -0.2) is 10.9 Å². The molecule has 2 aromatic rings. The van der Waals surface area contributed by atoms with Gasteiger partial charge in [-0.2, -0.15) is 0 Å². The molecule has 0 radical (unpaired) electrons. The Morgan fingerprint density at radius 2 is 2.22 bits per heavy atom. The average molecular weight is 298 g/mol. The second kappa shape index (κ2) is 5.42. The number of nitrogens with one attached hydrogen (secondary N) is 1. The number of aryl methyl sites for hydroxylation is 2. The zero-order valence-corrected chi connectivity index (χ0v) is 12.9. The highest BCUT2D eigenvalue weighted by Gasteiger charge is 2.17. The van der Waals surface area contributed by atoms with E-state index < -0.39 is 0 Å². The summed E-state index contributed by atoms with van der Waals surface area (Å²) in [6, 6.07) is 1.76. The van der Waals surface area contributed by atoms with E-state index in [2.05, 4.69) is 22.9 Å². The minimum Gasteiger partial charge on any atom is -0.344 e. The smallest absolute Gasteiger partial charge is 0.261 e. The molecule has 96 valence electrons. The summed E-state index contributed by atoms with van der Waals surface area (Å²) in [7, 11) is 0. The van der Waals surface area contributed by atoms with Crippen LogP contribution in [0.4, 0.5) is 0 Å². The van der Waals surface area contributed by atoms with E-state index in [1.165, 1.54) is 11.3 Å². The van der Waals surface area contributed by atoms with Crippen molar-refractivity contribution in [2.45, 2.75) is 31.7 Å². The van der Waals surface area contributed by atoms with Gasteiger partial charge in [-0.3, -0.25) is 4.79 Å². The van der Waals surface area contributed by atoms with Crippen LogP contribution in [0.5, 0.6) is 0 Å². The highest BCUT2D eigenvalue weighted by molar-refractivity contribution is 7.80. The highest BCUT2D eigenvalue weighted by Crippen LogP contribution is 2.25. The van der Waals surface area contributed by atoms with Crippen molar-refractivity contribution in [3.63, 3.8) is 0 Å². The monoisotopic (exact) mass is 298 g/mol. The first kappa shape index (κ1) is 13.6. The van der Waals surface area contributed by atoms with Gasteiger partial charge in [0, 0.05) is 15.2 Å². The van der Waals surface area contributed by atoms with Gasteiger partial charge in [-0.25, -0.2) is 4.98 Å². The average Bonchev–Trinajstić information content (AvgIpc) is 2.84. The molecule has 0 saturated heterocycles. The minimum absolute atomic E-state index is 0.0193. The molecular formula is C12H14N2OS3. The molecule has 0 spiro atoms. The van der Waals surface area contributed by atoms with Crippen molar-refractivity contribution in [3.05, 3.63) is 31.9 Å². The molecule has 0 bridgehead atoms. The molecular weight excluding hydrogens is 284 g/mol. The standard InChI is InChI=1S/C12H14N2OS3/c1-6-11(18-8(3)13-6)7(2)14-12(15)10-4-9(16)5-17-10/h4-5,7,16H,1-3H3,(H,14,15). The van der Waals surface area contributed by atoms with Crippen LogP contribution < -0.4 is 5.32 Å². The number of rotatable bonds is 3. The molecule has 0 aliphatic heterocycles. The van der Waals surface area contributed by atoms with Gasteiger partial charge in [0.2, 0.25) is 0 Å². The van der Waals surface area contributed by atoms with Crippen molar-refractivity contribution >= 4 is 41.2 Å². The summed E-state index contributed by atoms with van der Waals surface area (Å²) in [5, 5.41) is 5.87.